The Hall–Kier alpha value is -1.63. The van der Waals surface area contributed by atoms with Crippen molar-refractivity contribution in [3.63, 3.8) is 0 Å². The normalized spacial score (nSPS) is 16.1. The highest BCUT2D eigenvalue weighted by atomic mass is 16.5. The highest BCUT2D eigenvalue weighted by molar-refractivity contribution is 5.36. The van der Waals surface area contributed by atoms with Crippen LogP contribution in [-0.2, 0) is 4.74 Å². The molecule has 2 N–H and O–H groups in total. The van der Waals surface area contributed by atoms with Crippen LogP contribution in [0.5, 0.6) is 6.01 Å². The molecule has 0 aromatic carbocycles. The van der Waals surface area contributed by atoms with Gasteiger partial charge in [0.05, 0.1) is 6.61 Å². The minimum atomic E-state index is 0.347. The zero-order chi connectivity index (χ0) is 13.5. The first-order valence-corrected chi connectivity index (χ1v) is 6.72. The van der Waals surface area contributed by atoms with E-state index < -0.39 is 0 Å². The Labute approximate surface area is 113 Å². The average molecular weight is 267 g/mol. The zero-order valence-corrected chi connectivity index (χ0v) is 11.5. The molecule has 7 heteroatoms. The van der Waals surface area contributed by atoms with Crippen molar-refractivity contribution in [3.05, 3.63) is 0 Å². The van der Waals surface area contributed by atoms with Gasteiger partial charge in [0, 0.05) is 26.3 Å². The van der Waals surface area contributed by atoms with Gasteiger partial charge < -0.3 is 20.1 Å². The molecular formula is C12H21N5O2. The van der Waals surface area contributed by atoms with Crippen molar-refractivity contribution in [2.75, 3.05) is 37.5 Å². The van der Waals surface area contributed by atoms with Crippen LogP contribution >= 0.6 is 0 Å². The van der Waals surface area contributed by atoms with E-state index in [0.717, 1.165) is 32.5 Å². The molecule has 0 saturated carbocycles. The average Bonchev–Trinajstić information content (AvgIpc) is 2.46. The quantitative estimate of drug-likeness (QED) is 0.803. The molecule has 19 heavy (non-hydrogen) atoms. The summed E-state index contributed by atoms with van der Waals surface area (Å²) in [6, 6.07) is 0.704. The predicted molar refractivity (Wildman–Crippen MR) is 72.6 cm³/mol. The van der Waals surface area contributed by atoms with E-state index in [0.29, 0.717) is 30.6 Å². The maximum Gasteiger partial charge on any atom is 0.323 e. The number of nitrogens with one attached hydrogen (secondary N) is 2. The third kappa shape index (κ3) is 4.20. The van der Waals surface area contributed by atoms with Crippen LogP contribution in [0.3, 0.4) is 0 Å². The van der Waals surface area contributed by atoms with Gasteiger partial charge in [0.15, 0.2) is 0 Å². The Balaban J connectivity index is 2.04. The minimum absolute atomic E-state index is 0.347. The van der Waals surface area contributed by atoms with E-state index >= 15 is 0 Å². The Morgan fingerprint density at radius 1 is 1.21 bits per heavy atom. The van der Waals surface area contributed by atoms with Crippen LogP contribution in [0, 0.1) is 0 Å². The third-order valence-corrected chi connectivity index (χ3v) is 2.83. The van der Waals surface area contributed by atoms with Crippen molar-refractivity contribution in [2.24, 2.45) is 0 Å². The molecule has 0 bridgehead atoms. The lowest BCUT2D eigenvalue weighted by Crippen LogP contribution is -2.29. The first kappa shape index (κ1) is 13.8. The van der Waals surface area contributed by atoms with Crippen LogP contribution in [0.15, 0.2) is 0 Å². The van der Waals surface area contributed by atoms with Crippen LogP contribution < -0.4 is 15.4 Å². The first-order chi connectivity index (χ1) is 9.31. The molecule has 7 nitrogen and oxygen atoms in total. The van der Waals surface area contributed by atoms with Crippen molar-refractivity contribution in [1.82, 2.24) is 15.0 Å². The summed E-state index contributed by atoms with van der Waals surface area (Å²) in [5, 5.41) is 6.22. The Morgan fingerprint density at radius 2 is 1.95 bits per heavy atom. The van der Waals surface area contributed by atoms with Crippen molar-refractivity contribution in [2.45, 2.75) is 32.2 Å². The van der Waals surface area contributed by atoms with Crippen LogP contribution in [0.1, 0.15) is 26.2 Å². The lowest BCUT2D eigenvalue weighted by Gasteiger charge is -2.23. The monoisotopic (exact) mass is 267 g/mol. The number of aromatic nitrogens is 3. The molecule has 0 radical (unpaired) electrons. The van der Waals surface area contributed by atoms with Gasteiger partial charge in [0.25, 0.3) is 0 Å². The number of rotatable bonds is 6. The SMILES string of the molecule is CCCOc1nc(NC)nc(NC2CCOCC2)n1. The molecule has 1 aromatic rings. The molecule has 0 spiro atoms. The molecule has 2 rings (SSSR count). The summed E-state index contributed by atoms with van der Waals surface area (Å²) in [4.78, 5) is 12.7. The van der Waals surface area contributed by atoms with Gasteiger partial charge in [-0.3, -0.25) is 0 Å². The van der Waals surface area contributed by atoms with Crippen LogP contribution in [0.25, 0.3) is 0 Å². The molecule has 1 saturated heterocycles. The second kappa shape index (κ2) is 7.08. The van der Waals surface area contributed by atoms with Crippen molar-refractivity contribution < 1.29 is 9.47 Å². The number of hydrogen-bond acceptors (Lipinski definition) is 7. The second-order valence-electron chi connectivity index (χ2n) is 4.39. The van der Waals surface area contributed by atoms with Crippen molar-refractivity contribution in [1.29, 1.82) is 0 Å². The van der Waals surface area contributed by atoms with Crippen molar-refractivity contribution in [3.8, 4) is 6.01 Å². The molecule has 0 unspecified atom stereocenters. The van der Waals surface area contributed by atoms with E-state index in [4.69, 9.17) is 9.47 Å². The topological polar surface area (TPSA) is 81.2 Å². The molecule has 1 aliphatic heterocycles. The third-order valence-electron chi connectivity index (χ3n) is 2.83. The van der Waals surface area contributed by atoms with E-state index in [1.165, 1.54) is 0 Å². The van der Waals surface area contributed by atoms with Gasteiger partial charge in [-0.1, -0.05) is 6.92 Å². The van der Waals surface area contributed by atoms with E-state index in [2.05, 4.69) is 25.6 Å². The highest BCUT2D eigenvalue weighted by Gasteiger charge is 2.16. The summed E-state index contributed by atoms with van der Waals surface area (Å²) in [6.07, 6.45) is 2.85. The largest absolute Gasteiger partial charge is 0.463 e. The lowest BCUT2D eigenvalue weighted by atomic mass is 10.1. The fraction of sp³-hybridized carbons (Fsp3) is 0.750. The van der Waals surface area contributed by atoms with Gasteiger partial charge in [0.1, 0.15) is 0 Å². The Kier molecular flexibility index (Phi) is 5.14. The van der Waals surface area contributed by atoms with Gasteiger partial charge in [-0.15, -0.1) is 0 Å². The summed E-state index contributed by atoms with van der Waals surface area (Å²) in [7, 11) is 1.77. The maximum atomic E-state index is 5.46. The van der Waals surface area contributed by atoms with Gasteiger partial charge >= 0.3 is 6.01 Å². The predicted octanol–water partition coefficient (Wildman–Crippen LogP) is 1.29. The van der Waals surface area contributed by atoms with E-state index in [1.54, 1.807) is 7.05 Å². The molecule has 0 aliphatic carbocycles. The first-order valence-electron chi connectivity index (χ1n) is 6.72. The maximum absolute atomic E-state index is 5.46. The van der Waals surface area contributed by atoms with Gasteiger partial charge in [-0.05, 0) is 19.3 Å². The number of nitrogens with zero attached hydrogens (tertiary/aromatic N) is 3. The smallest absolute Gasteiger partial charge is 0.323 e. The minimum Gasteiger partial charge on any atom is -0.463 e. The van der Waals surface area contributed by atoms with Gasteiger partial charge in [-0.25, -0.2) is 0 Å². The zero-order valence-electron chi connectivity index (χ0n) is 11.5. The van der Waals surface area contributed by atoms with E-state index in [-0.39, 0.29) is 0 Å². The number of anilines is 2. The molecule has 1 fully saturated rings. The number of hydrogen-bond donors (Lipinski definition) is 2. The fourth-order valence-electron chi connectivity index (χ4n) is 1.82. The van der Waals surface area contributed by atoms with Gasteiger partial charge in [-0.2, -0.15) is 15.0 Å². The summed E-state index contributed by atoms with van der Waals surface area (Å²) < 4.78 is 10.8. The summed E-state index contributed by atoms with van der Waals surface area (Å²) in [6.45, 7) is 4.20. The molecule has 1 aromatic heterocycles. The van der Waals surface area contributed by atoms with Gasteiger partial charge in [0.2, 0.25) is 11.9 Å². The number of ether oxygens (including phenoxy) is 2. The lowest BCUT2D eigenvalue weighted by molar-refractivity contribution is 0.0903. The summed E-state index contributed by atoms with van der Waals surface area (Å²) >= 11 is 0. The summed E-state index contributed by atoms with van der Waals surface area (Å²) in [5.41, 5.74) is 0. The molecule has 1 aliphatic rings. The Morgan fingerprint density at radius 3 is 2.63 bits per heavy atom. The van der Waals surface area contributed by atoms with Crippen LogP contribution in [0.4, 0.5) is 11.9 Å². The Bertz CT molecular complexity index is 396. The molecule has 0 atom stereocenters. The standard InChI is InChI=1S/C12H21N5O2/c1-3-6-19-12-16-10(13-2)15-11(17-12)14-9-4-7-18-8-5-9/h9H,3-8H2,1-2H3,(H2,13,14,15,16,17). The fourth-order valence-corrected chi connectivity index (χ4v) is 1.82. The molecule has 0 amide bonds. The van der Waals surface area contributed by atoms with Crippen molar-refractivity contribution >= 4 is 11.9 Å². The second-order valence-corrected chi connectivity index (χ2v) is 4.39. The molecular weight excluding hydrogens is 246 g/mol. The molecule has 2 heterocycles. The molecule has 106 valence electrons. The van der Waals surface area contributed by atoms with E-state index in [9.17, 15) is 0 Å². The van der Waals surface area contributed by atoms with Crippen LogP contribution in [0.2, 0.25) is 0 Å². The summed E-state index contributed by atoms with van der Waals surface area (Å²) in [5.74, 6) is 1.06. The van der Waals surface area contributed by atoms with E-state index in [1.807, 2.05) is 6.92 Å². The van der Waals surface area contributed by atoms with Crippen LogP contribution in [-0.4, -0.2) is 47.9 Å². The highest BCUT2D eigenvalue weighted by Crippen LogP contribution is 2.15.